The molecule has 1 saturated carbocycles. The van der Waals surface area contributed by atoms with Gasteiger partial charge in [-0.05, 0) is 44.7 Å². The van der Waals surface area contributed by atoms with E-state index in [9.17, 15) is 9.18 Å². The van der Waals surface area contributed by atoms with E-state index in [1.165, 1.54) is 18.9 Å². The number of hydrogen-bond acceptors (Lipinski definition) is 3. The fraction of sp³-hybridized carbons (Fsp3) is 0.545. The largest absolute Gasteiger partial charge is 0.341 e. The number of carbonyl (C=O) groups excluding carboxylic acids is 1. The Morgan fingerprint density at radius 3 is 2.89 bits per heavy atom. The first-order valence-corrected chi connectivity index (χ1v) is 10.3. The van der Waals surface area contributed by atoms with E-state index in [0.717, 1.165) is 44.2 Å². The summed E-state index contributed by atoms with van der Waals surface area (Å²) in [6, 6.07) is 6.74. The molecule has 0 spiro atoms. The molecule has 1 aromatic carbocycles. The van der Waals surface area contributed by atoms with E-state index >= 15 is 0 Å². The Morgan fingerprint density at radius 2 is 2.11 bits per heavy atom. The highest BCUT2D eigenvalue weighted by Gasteiger charge is 2.29. The van der Waals surface area contributed by atoms with Crippen molar-refractivity contribution in [2.75, 3.05) is 26.7 Å². The van der Waals surface area contributed by atoms with Crippen LogP contribution < -0.4 is 0 Å². The van der Waals surface area contributed by atoms with Gasteiger partial charge in [-0.1, -0.05) is 18.2 Å². The van der Waals surface area contributed by atoms with Crippen LogP contribution in [0, 0.1) is 11.7 Å². The predicted molar refractivity (Wildman–Crippen MR) is 106 cm³/mol. The summed E-state index contributed by atoms with van der Waals surface area (Å²) in [5, 5.41) is 0. The third-order valence-corrected chi connectivity index (χ3v) is 5.84. The molecule has 2 aromatic rings. The maximum Gasteiger partial charge on any atom is 0.236 e. The van der Waals surface area contributed by atoms with Crippen LogP contribution in [0.25, 0.3) is 0 Å². The van der Waals surface area contributed by atoms with Crippen LogP contribution in [-0.2, 0) is 17.9 Å². The van der Waals surface area contributed by atoms with E-state index in [0.29, 0.717) is 24.6 Å². The maximum absolute atomic E-state index is 13.9. The van der Waals surface area contributed by atoms with Crippen molar-refractivity contribution in [2.24, 2.45) is 5.92 Å². The Hall–Kier alpha value is -2.21. The Labute approximate surface area is 166 Å². The molecule has 5 nitrogen and oxygen atoms in total. The zero-order chi connectivity index (χ0) is 19.5. The number of likely N-dealkylation sites (N-methyl/N-ethyl adjacent to an activating group) is 1. The maximum atomic E-state index is 13.9. The molecule has 0 N–H and O–H groups in total. The lowest BCUT2D eigenvalue weighted by atomic mass is 9.97. The zero-order valence-corrected chi connectivity index (χ0v) is 16.6. The smallest absolute Gasteiger partial charge is 0.236 e. The summed E-state index contributed by atoms with van der Waals surface area (Å²) in [4.78, 5) is 21.3. The lowest BCUT2D eigenvalue weighted by Gasteiger charge is -2.33. The first-order chi connectivity index (χ1) is 13.6. The topological polar surface area (TPSA) is 41.4 Å². The van der Waals surface area contributed by atoms with Gasteiger partial charge in [0.05, 0.1) is 6.54 Å². The fourth-order valence-electron chi connectivity index (χ4n) is 4.13. The summed E-state index contributed by atoms with van der Waals surface area (Å²) >= 11 is 0. The van der Waals surface area contributed by atoms with Gasteiger partial charge in [0.2, 0.25) is 5.91 Å². The highest BCUT2D eigenvalue weighted by molar-refractivity contribution is 5.78. The highest BCUT2D eigenvalue weighted by atomic mass is 19.1. The van der Waals surface area contributed by atoms with Crippen LogP contribution >= 0.6 is 0 Å². The Morgan fingerprint density at radius 1 is 1.29 bits per heavy atom. The van der Waals surface area contributed by atoms with E-state index in [-0.39, 0.29) is 11.7 Å². The lowest BCUT2D eigenvalue weighted by Crippen LogP contribution is -2.44. The quantitative estimate of drug-likeness (QED) is 0.736. The SMILES string of the molecule is CN(CC(=O)N1CCC[C@@H](c2nccn2CC2CC2)C1)Cc1ccccc1F. The van der Waals surface area contributed by atoms with Gasteiger partial charge in [0.25, 0.3) is 0 Å². The number of imidazole rings is 1. The minimum atomic E-state index is -0.220. The summed E-state index contributed by atoms with van der Waals surface area (Å²) < 4.78 is 16.1. The van der Waals surface area contributed by atoms with E-state index in [4.69, 9.17) is 0 Å². The van der Waals surface area contributed by atoms with Crippen LogP contribution in [0.3, 0.4) is 0 Å². The van der Waals surface area contributed by atoms with Gasteiger partial charge in [-0.15, -0.1) is 0 Å². The Balaban J connectivity index is 1.34. The second-order valence-electron chi connectivity index (χ2n) is 8.32. The number of nitrogens with zero attached hydrogens (tertiary/aromatic N) is 4. The number of piperidine rings is 1. The molecule has 1 saturated heterocycles. The minimum absolute atomic E-state index is 0.115. The highest BCUT2D eigenvalue weighted by Crippen LogP contribution is 2.33. The van der Waals surface area contributed by atoms with Crippen molar-refractivity contribution in [1.29, 1.82) is 0 Å². The van der Waals surface area contributed by atoms with Gasteiger partial charge in [0.1, 0.15) is 11.6 Å². The molecular weight excluding hydrogens is 355 g/mol. The predicted octanol–water partition coefficient (Wildman–Crippen LogP) is 3.27. The van der Waals surface area contributed by atoms with Crippen LogP contribution in [0.2, 0.25) is 0 Å². The van der Waals surface area contributed by atoms with Crippen molar-refractivity contribution < 1.29 is 9.18 Å². The molecule has 150 valence electrons. The first kappa shape index (κ1) is 19.1. The van der Waals surface area contributed by atoms with Gasteiger partial charge >= 0.3 is 0 Å². The summed E-state index contributed by atoms with van der Waals surface area (Å²) in [6.45, 7) is 3.32. The van der Waals surface area contributed by atoms with E-state index in [1.54, 1.807) is 12.1 Å². The third-order valence-electron chi connectivity index (χ3n) is 5.84. The Kier molecular flexibility index (Phi) is 5.76. The van der Waals surface area contributed by atoms with Gasteiger partial charge in [-0.2, -0.15) is 0 Å². The number of benzene rings is 1. The van der Waals surface area contributed by atoms with Crippen molar-refractivity contribution in [1.82, 2.24) is 19.4 Å². The van der Waals surface area contributed by atoms with Crippen molar-refractivity contribution in [2.45, 2.75) is 44.7 Å². The third kappa shape index (κ3) is 4.61. The van der Waals surface area contributed by atoms with Gasteiger partial charge in [0.15, 0.2) is 0 Å². The van der Waals surface area contributed by atoms with E-state index in [1.807, 2.05) is 29.1 Å². The molecule has 1 amide bonds. The minimum Gasteiger partial charge on any atom is -0.341 e. The molecule has 1 aromatic heterocycles. The molecule has 2 heterocycles. The van der Waals surface area contributed by atoms with Crippen molar-refractivity contribution in [3.05, 3.63) is 53.9 Å². The molecular formula is C22H29FN4O. The number of carbonyl (C=O) groups is 1. The number of aromatic nitrogens is 2. The molecule has 0 radical (unpaired) electrons. The van der Waals surface area contributed by atoms with E-state index in [2.05, 4.69) is 15.7 Å². The van der Waals surface area contributed by atoms with Crippen LogP contribution in [0.4, 0.5) is 4.39 Å². The van der Waals surface area contributed by atoms with Crippen molar-refractivity contribution >= 4 is 5.91 Å². The van der Waals surface area contributed by atoms with Crippen molar-refractivity contribution in [3.63, 3.8) is 0 Å². The number of rotatable bonds is 7. The molecule has 0 unspecified atom stereocenters. The molecule has 2 aliphatic rings. The zero-order valence-electron chi connectivity index (χ0n) is 16.6. The number of likely N-dealkylation sites (tertiary alicyclic amines) is 1. The van der Waals surface area contributed by atoms with E-state index < -0.39 is 0 Å². The second kappa shape index (κ2) is 8.43. The summed E-state index contributed by atoms with van der Waals surface area (Å²) in [5.74, 6) is 2.14. The molecule has 28 heavy (non-hydrogen) atoms. The lowest BCUT2D eigenvalue weighted by molar-refractivity contribution is -0.133. The van der Waals surface area contributed by atoms with Crippen LogP contribution in [0.1, 0.15) is 43.0 Å². The summed E-state index contributed by atoms with van der Waals surface area (Å²) in [5.41, 5.74) is 0.622. The Bertz CT molecular complexity index is 816. The normalized spacial score (nSPS) is 20.0. The van der Waals surface area contributed by atoms with Crippen molar-refractivity contribution in [3.8, 4) is 0 Å². The molecule has 1 aliphatic heterocycles. The second-order valence-corrected chi connectivity index (χ2v) is 8.32. The number of halogens is 1. The first-order valence-electron chi connectivity index (χ1n) is 10.3. The molecule has 1 aliphatic carbocycles. The average molecular weight is 384 g/mol. The molecule has 4 rings (SSSR count). The van der Waals surface area contributed by atoms with Gasteiger partial charge in [-0.25, -0.2) is 9.37 Å². The number of hydrogen-bond donors (Lipinski definition) is 0. The van der Waals surface area contributed by atoms with Crippen LogP contribution in [0.15, 0.2) is 36.7 Å². The average Bonchev–Trinajstić information content (AvgIpc) is 3.38. The van der Waals surface area contributed by atoms with Crippen LogP contribution in [0.5, 0.6) is 0 Å². The molecule has 6 heteroatoms. The summed E-state index contributed by atoms with van der Waals surface area (Å²) in [6.07, 6.45) is 8.69. The number of amides is 1. The van der Waals surface area contributed by atoms with Gasteiger partial charge < -0.3 is 9.47 Å². The molecule has 1 atom stereocenters. The molecule has 0 bridgehead atoms. The fourth-order valence-corrected chi connectivity index (χ4v) is 4.13. The van der Waals surface area contributed by atoms with Gasteiger partial charge in [0, 0.05) is 50.1 Å². The monoisotopic (exact) mass is 384 g/mol. The standard InChI is InChI=1S/C22H29FN4O/c1-25(14-18-5-2-3-7-20(18)23)16-21(28)26-11-4-6-19(15-26)22-24-10-12-27(22)13-17-8-9-17/h2-3,5,7,10,12,17,19H,4,6,8-9,11,13-16H2,1H3/t19-/m1/s1. The van der Waals surface area contributed by atoms with Gasteiger partial charge in [-0.3, -0.25) is 9.69 Å². The summed E-state index contributed by atoms with van der Waals surface area (Å²) in [7, 11) is 1.87. The van der Waals surface area contributed by atoms with Crippen LogP contribution in [-0.4, -0.2) is 51.9 Å². The molecule has 2 fully saturated rings.